The highest BCUT2D eigenvalue weighted by Crippen LogP contribution is 2.31. The number of esters is 1. The molecule has 63 heavy (non-hydrogen) atoms. The molecular formula is C49H57N5O9. The molecule has 4 heterocycles. The molecule has 14 heteroatoms. The molecule has 0 unspecified atom stereocenters. The average Bonchev–Trinajstić information content (AvgIpc) is 3.30. The molecule has 1 aromatic heterocycles. The summed E-state index contributed by atoms with van der Waals surface area (Å²) in [7, 11) is 0. The van der Waals surface area contributed by atoms with E-state index in [1.807, 2.05) is 80.6 Å². The highest BCUT2D eigenvalue weighted by molar-refractivity contribution is 5.97. The van der Waals surface area contributed by atoms with E-state index in [0.717, 1.165) is 49.2 Å². The first-order chi connectivity index (χ1) is 30.5. The second kappa shape index (κ2) is 21.2. The fourth-order valence-electron chi connectivity index (χ4n) is 8.28. The van der Waals surface area contributed by atoms with E-state index < -0.39 is 36.2 Å². The van der Waals surface area contributed by atoms with Crippen LogP contribution < -0.4 is 26.2 Å². The molecule has 14 nitrogen and oxygen atoms in total. The number of alkyl carbamates (subject to hydrolysis) is 1. The quantitative estimate of drug-likeness (QED) is 0.0414. The Morgan fingerprint density at radius 2 is 1.63 bits per heavy atom. The number of carbonyl (C=O) groups is 3. The first kappa shape index (κ1) is 44.8. The van der Waals surface area contributed by atoms with Crippen molar-refractivity contribution in [3.63, 3.8) is 0 Å². The van der Waals surface area contributed by atoms with Crippen LogP contribution in [0.5, 0.6) is 11.5 Å². The number of unbranched alkanes of at least 4 members (excludes halogenated alkanes) is 1. The molecule has 4 aromatic carbocycles. The Labute approximate surface area is 367 Å². The van der Waals surface area contributed by atoms with Crippen molar-refractivity contribution in [1.29, 1.82) is 0 Å². The molecule has 0 radical (unpaired) electrons. The first-order valence-corrected chi connectivity index (χ1v) is 21.8. The van der Waals surface area contributed by atoms with Gasteiger partial charge in [0.05, 0.1) is 24.3 Å². The van der Waals surface area contributed by atoms with Gasteiger partial charge in [0, 0.05) is 30.1 Å². The van der Waals surface area contributed by atoms with Gasteiger partial charge < -0.3 is 45.4 Å². The molecule has 0 spiro atoms. The van der Waals surface area contributed by atoms with Crippen molar-refractivity contribution >= 4 is 28.9 Å². The fourth-order valence-corrected chi connectivity index (χ4v) is 8.28. The van der Waals surface area contributed by atoms with Gasteiger partial charge in [-0.1, -0.05) is 74.5 Å². The predicted octanol–water partition coefficient (Wildman–Crippen LogP) is 6.12. The van der Waals surface area contributed by atoms with Gasteiger partial charge in [0.2, 0.25) is 5.56 Å². The summed E-state index contributed by atoms with van der Waals surface area (Å²) in [5, 5.41) is 30.6. The molecule has 6 N–H and O–H groups in total. The molecule has 3 saturated heterocycles. The lowest BCUT2D eigenvalue weighted by Gasteiger charge is -2.43. The van der Waals surface area contributed by atoms with Crippen LogP contribution in [0.3, 0.4) is 0 Å². The van der Waals surface area contributed by atoms with Crippen LogP contribution in [0.15, 0.2) is 108 Å². The van der Waals surface area contributed by atoms with E-state index in [4.69, 9.17) is 14.2 Å². The van der Waals surface area contributed by atoms with Gasteiger partial charge in [-0.3, -0.25) is 14.5 Å². The predicted molar refractivity (Wildman–Crippen MR) is 238 cm³/mol. The number of fused-ring (bicyclic) bond motifs is 4. The Morgan fingerprint density at radius 1 is 0.873 bits per heavy atom. The zero-order valence-corrected chi connectivity index (χ0v) is 35.8. The monoisotopic (exact) mass is 859 g/mol. The molecule has 332 valence electrons. The lowest BCUT2D eigenvalue weighted by molar-refractivity contribution is -0.147. The Kier molecular flexibility index (Phi) is 15.1. The van der Waals surface area contributed by atoms with Crippen molar-refractivity contribution in [2.75, 3.05) is 39.3 Å². The molecule has 2 amide bonds. The molecular weight excluding hydrogens is 803 g/mol. The maximum atomic E-state index is 13.3. The molecule has 3 aliphatic heterocycles. The maximum absolute atomic E-state index is 13.3. The lowest BCUT2D eigenvalue weighted by atomic mass is 9.86. The number of phenols is 1. The molecule has 0 aliphatic carbocycles. The number of rotatable bonds is 19. The molecule has 3 aliphatic rings. The number of aromatic nitrogens is 1. The fraction of sp³-hybridized carbons (Fsp3) is 0.388. The number of aliphatic hydroxyl groups is 1. The normalized spacial score (nSPS) is 18.3. The van der Waals surface area contributed by atoms with E-state index in [0.29, 0.717) is 47.6 Å². The SMILES string of the molecule is CC(C)[C@H](NC(=O)c1ccc(COc2cccc([C@@H](NC(=O)O[C@H]3CN4CCC3CC4)c3ccccc3)c2)cc1)C(=O)OCCCCNC[C@H](O)c1ccc(O)c2[nH]c(=O)ccc12. The number of benzene rings is 4. The summed E-state index contributed by atoms with van der Waals surface area (Å²) in [6, 6.07) is 29.1. The Bertz CT molecular complexity index is 2380. The van der Waals surface area contributed by atoms with E-state index in [1.165, 1.54) is 12.1 Å². The number of piperidine rings is 3. The molecule has 3 fully saturated rings. The summed E-state index contributed by atoms with van der Waals surface area (Å²) < 4.78 is 17.7. The number of carbonyl (C=O) groups excluding carboxylic acids is 3. The van der Waals surface area contributed by atoms with Crippen molar-refractivity contribution in [2.24, 2.45) is 11.8 Å². The molecule has 8 rings (SSSR count). The standard InChI is InChI=1S/C49H57N5O9/c1-31(2)44(48(59)61-26-7-6-23-50-28-41(56)38-17-19-40(55)46-39(38)18-20-43(57)51-46)52-47(58)35-15-13-32(14-16-35)30-62-37-12-8-11-36(27-37)45(34-9-4-3-5-10-34)53-49(60)63-42-29-54-24-21-33(42)22-25-54/h3-5,8-20,27,31,33,41-42,44-45,50,55-56H,6-7,21-26,28-30H2,1-2H3,(H,51,57)(H,52,58)(H,53,60)/t41-,42-,44-,45-/m0/s1. The minimum absolute atomic E-state index is 0.0698. The number of ether oxygens (including phenoxy) is 3. The van der Waals surface area contributed by atoms with Crippen molar-refractivity contribution in [3.05, 3.63) is 141 Å². The number of aromatic hydroxyl groups is 1. The summed E-state index contributed by atoms with van der Waals surface area (Å²) in [6.07, 6.45) is 1.94. The largest absolute Gasteiger partial charge is 0.506 e. The summed E-state index contributed by atoms with van der Waals surface area (Å²) in [6.45, 7) is 7.82. The van der Waals surface area contributed by atoms with E-state index in [2.05, 4.69) is 25.8 Å². The average molecular weight is 860 g/mol. The number of phenolic OH excluding ortho intramolecular Hbond substituents is 1. The Hall–Kier alpha value is -6.22. The molecule has 4 atom stereocenters. The minimum Gasteiger partial charge on any atom is -0.506 e. The van der Waals surface area contributed by atoms with Gasteiger partial charge in [-0.25, -0.2) is 9.59 Å². The lowest BCUT2D eigenvalue weighted by Crippen LogP contribution is -2.52. The van der Waals surface area contributed by atoms with Crippen LogP contribution in [0.2, 0.25) is 0 Å². The highest BCUT2D eigenvalue weighted by Gasteiger charge is 2.37. The minimum atomic E-state index is -0.873. The van der Waals surface area contributed by atoms with E-state index in [-0.39, 0.29) is 48.6 Å². The van der Waals surface area contributed by atoms with Crippen molar-refractivity contribution in [3.8, 4) is 11.5 Å². The number of nitrogens with zero attached hydrogens (tertiary/aromatic N) is 1. The number of H-pyrrole nitrogens is 1. The third-order valence-corrected chi connectivity index (χ3v) is 11.9. The van der Waals surface area contributed by atoms with Crippen LogP contribution in [0, 0.1) is 11.8 Å². The van der Waals surface area contributed by atoms with Crippen molar-refractivity contribution in [1.82, 2.24) is 25.8 Å². The van der Waals surface area contributed by atoms with Gasteiger partial charge in [0.15, 0.2) is 0 Å². The Balaban J connectivity index is 0.849. The van der Waals surface area contributed by atoms with Gasteiger partial charge in [-0.15, -0.1) is 0 Å². The van der Waals surface area contributed by atoms with Gasteiger partial charge in [0.25, 0.3) is 5.91 Å². The number of hydrogen-bond acceptors (Lipinski definition) is 11. The molecule has 0 saturated carbocycles. The van der Waals surface area contributed by atoms with Gasteiger partial charge in [-0.2, -0.15) is 0 Å². The summed E-state index contributed by atoms with van der Waals surface area (Å²) in [4.78, 5) is 56.2. The number of aromatic amines is 1. The number of aliphatic hydroxyl groups excluding tert-OH is 1. The van der Waals surface area contributed by atoms with Gasteiger partial charge >= 0.3 is 12.1 Å². The second-order valence-corrected chi connectivity index (χ2v) is 16.7. The second-order valence-electron chi connectivity index (χ2n) is 16.7. The van der Waals surface area contributed by atoms with E-state index >= 15 is 0 Å². The first-order valence-electron chi connectivity index (χ1n) is 21.8. The van der Waals surface area contributed by atoms with E-state index in [1.54, 1.807) is 24.3 Å². The van der Waals surface area contributed by atoms with Crippen LogP contribution in [0.25, 0.3) is 10.9 Å². The zero-order valence-electron chi connectivity index (χ0n) is 35.8. The number of amides is 2. The summed E-state index contributed by atoms with van der Waals surface area (Å²) in [5.41, 5.74) is 3.51. The summed E-state index contributed by atoms with van der Waals surface area (Å²) >= 11 is 0. The van der Waals surface area contributed by atoms with Crippen LogP contribution in [-0.4, -0.2) is 89.5 Å². The Morgan fingerprint density at radius 3 is 2.37 bits per heavy atom. The topological polar surface area (TPSA) is 192 Å². The number of nitrogens with one attached hydrogen (secondary N) is 4. The molecule has 5 aromatic rings. The van der Waals surface area contributed by atoms with Crippen LogP contribution in [-0.2, 0) is 20.9 Å². The number of pyridine rings is 1. The zero-order chi connectivity index (χ0) is 44.3. The molecule has 2 bridgehead atoms. The van der Waals surface area contributed by atoms with Crippen LogP contribution >= 0.6 is 0 Å². The van der Waals surface area contributed by atoms with Crippen LogP contribution in [0.1, 0.15) is 84.3 Å². The van der Waals surface area contributed by atoms with Crippen LogP contribution in [0.4, 0.5) is 4.79 Å². The third-order valence-electron chi connectivity index (χ3n) is 11.9. The number of hydrogen-bond donors (Lipinski definition) is 6. The smallest absolute Gasteiger partial charge is 0.408 e. The highest BCUT2D eigenvalue weighted by atomic mass is 16.6. The van der Waals surface area contributed by atoms with Crippen molar-refractivity contribution in [2.45, 2.75) is 70.4 Å². The van der Waals surface area contributed by atoms with Gasteiger partial charge in [-0.05, 0) is 116 Å². The van der Waals surface area contributed by atoms with Gasteiger partial charge in [0.1, 0.15) is 30.3 Å². The summed E-state index contributed by atoms with van der Waals surface area (Å²) in [5.74, 6) is -0.165. The maximum Gasteiger partial charge on any atom is 0.408 e. The van der Waals surface area contributed by atoms with E-state index in [9.17, 15) is 29.4 Å². The third kappa shape index (κ3) is 11.8. The van der Waals surface area contributed by atoms with Crippen molar-refractivity contribution < 1.29 is 38.8 Å².